The number of carbonyl (C=O) groups is 2. The van der Waals surface area contributed by atoms with Crippen LogP contribution in [-0.2, 0) is 9.53 Å². The van der Waals surface area contributed by atoms with Crippen molar-refractivity contribution in [3.8, 4) is 0 Å². The molecule has 1 saturated carbocycles. The summed E-state index contributed by atoms with van der Waals surface area (Å²) in [5.74, 6) is -0.856. The summed E-state index contributed by atoms with van der Waals surface area (Å²) in [5.41, 5.74) is -0.523. The molecule has 1 aliphatic heterocycles. The van der Waals surface area contributed by atoms with Gasteiger partial charge >= 0.3 is 12.0 Å². The van der Waals surface area contributed by atoms with Gasteiger partial charge in [0.25, 0.3) is 0 Å². The molecular formula is C12H20N2O4. The number of morpholine rings is 1. The second kappa shape index (κ2) is 5.14. The molecule has 0 bridgehead atoms. The number of ether oxygens (including phenoxy) is 1. The van der Waals surface area contributed by atoms with Crippen LogP contribution in [0.15, 0.2) is 0 Å². The largest absolute Gasteiger partial charge is 0.481 e. The Bertz CT molecular complexity index is 341. The minimum absolute atomic E-state index is 0.0125. The number of aliphatic carboxylic acids is 1. The molecule has 1 aliphatic carbocycles. The maximum absolute atomic E-state index is 12.1. The molecule has 2 aliphatic rings. The van der Waals surface area contributed by atoms with E-state index < -0.39 is 11.5 Å². The number of amides is 2. The van der Waals surface area contributed by atoms with E-state index >= 15 is 0 Å². The van der Waals surface area contributed by atoms with Crippen LogP contribution in [0.25, 0.3) is 0 Å². The third-order valence-electron chi connectivity index (χ3n) is 3.70. The van der Waals surface area contributed by atoms with Crippen LogP contribution < -0.4 is 5.32 Å². The topological polar surface area (TPSA) is 78.9 Å². The number of carbonyl (C=O) groups excluding carboxylic acids is 1. The van der Waals surface area contributed by atoms with Crippen molar-refractivity contribution in [2.75, 3.05) is 19.7 Å². The van der Waals surface area contributed by atoms with Gasteiger partial charge < -0.3 is 20.1 Å². The van der Waals surface area contributed by atoms with Crippen LogP contribution in [0.2, 0.25) is 0 Å². The van der Waals surface area contributed by atoms with Gasteiger partial charge in [-0.05, 0) is 26.2 Å². The summed E-state index contributed by atoms with van der Waals surface area (Å²) in [6.45, 7) is 3.60. The molecule has 2 rings (SSSR count). The van der Waals surface area contributed by atoms with Gasteiger partial charge in [0, 0.05) is 13.1 Å². The fourth-order valence-corrected chi connectivity index (χ4v) is 2.55. The first-order valence-corrected chi connectivity index (χ1v) is 6.41. The van der Waals surface area contributed by atoms with Crippen molar-refractivity contribution in [1.82, 2.24) is 10.2 Å². The SMILES string of the molecule is CC1CN(C(=O)NC2(CC(=O)O)CCC2)CCO1. The average Bonchev–Trinajstić information content (AvgIpc) is 2.25. The zero-order valence-electron chi connectivity index (χ0n) is 10.6. The average molecular weight is 256 g/mol. The lowest BCUT2D eigenvalue weighted by Gasteiger charge is -2.43. The number of carboxylic acid groups (broad SMARTS) is 1. The minimum Gasteiger partial charge on any atom is -0.481 e. The first-order valence-electron chi connectivity index (χ1n) is 6.41. The Morgan fingerprint density at radius 2 is 2.22 bits per heavy atom. The summed E-state index contributed by atoms with van der Waals surface area (Å²) in [5, 5.41) is 11.8. The van der Waals surface area contributed by atoms with E-state index in [1.54, 1.807) is 4.90 Å². The predicted molar refractivity (Wildman–Crippen MR) is 64.4 cm³/mol. The molecule has 0 aromatic rings. The standard InChI is InChI=1S/C12H20N2O4/c1-9-8-14(5-6-18-9)11(17)13-12(3-2-4-12)7-10(15)16/h9H,2-8H2,1H3,(H,13,17)(H,15,16). The van der Waals surface area contributed by atoms with Crippen molar-refractivity contribution in [2.24, 2.45) is 0 Å². The van der Waals surface area contributed by atoms with Crippen molar-refractivity contribution < 1.29 is 19.4 Å². The van der Waals surface area contributed by atoms with Crippen molar-refractivity contribution in [2.45, 2.75) is 44.2 Å². The number of nitrogens with one attached hydrogen (secondary N) is 1. The highest BCUT2D eigenvalue weighted by atomic mass is 16.5. The van der Waals surface area contributed by atoms with Gasteiger partial charge in [-0.15, -0.1) is 0 Å². The van der Waals surface area contributed by atoms with Crippen LogP contribution in [0.4, 0.5) is 4.79 Å². The zero-order chi connectivity index (χ0) is 13.2. The van der Waals surface area contributed by atoms with Gasteiger partial charge in [0.2, 0.25) is 0 Å². The first kappa shape index (κ1) is 13.1. The van der Waals surface area contributed by atoms with Crippen LogP contribution in [0.5, 0.6) is 0 Å². The molecule has 0 radical (unpaired) electrons. The van der Waals surface area contributed by atoms with E-state index in [-0.39, 0.29) is 18.6 Å². The second-order valence-corrected chi connectivity index (χ2v) is 5.26. The van der Waals surface area contributed by atoms with Crippen molar-refractivity contribution in [3.63, 3.8) is 0 Å². The first-order chi connectivity index (χ1) is 8.51. The fourth-order valence-electron chi connectivity index (χ4n) is 2.55. The zero-order valence-corrected chi connectivity index (χ0v) is 10.6. The summed E-state index contributed by atoms with van der Waals surface area (Å²) < 4.78 is 5.38. The van der Waals surface area contributed by atoms with E-state index in [2.05, 4.69) is 5.32 Å². The number of nitrogens with zero attached hydrogens (tertiary/aromatic N) is 1. The molecule has 1 heterocycles. The van der Waals surface area contributed by atoms with Gasteiger partial charge in [-0.25, -0.2) is 4.79 Å². The maximum atomic E-state index is 12.1. The Labute approximate surface area is 106 Å². The van der Waals surface area contributed by atoms with Crippen LogP contribution in [0.3, 0.4) is 0 Å². The number of urea groups is 1. The highest BCUT2D eigenvalue weighted by Crippen LogP contribution is 2.35. The molecule has 6 nitrogen and oxygen atoms in total. The lowest BCUT2D eigenvalue weighted by atomic mass is 9.74. The van der Waals surface area contributed by atoms with Gasteiger partial charge in [0.05, 0.1) is 24.7 Å². The Morgan fingerprint density at radius 1 is 1.50 bits per heavy atom. The Kier molecular flexibility index (Phi) is 3.75. The lowest BCUT2D eigenvalue weighted by Crippen LogP contribution is -2.59. The molecule has 0 aromatic heterocycles. The van der Waals surface area contributed by atoms with E-state index in [4.69, 9.17) is 9.84 Å². The van der Waals surface area contributed by atoms with Gasteiger partial charge in [-0.1, -0.05) is 0 Å². The minimum atomic E-state index is -0.856. The Balaban J connectivity index is 1.91. The van der Waals surface area contributed by atoms with Crippen LogP contribution in [0.1, 0.15) is 32.6 Å². The van der Waals surface area contributed by atoms with E-state index in [0.717, 1.165) is 19.3 Å². The summed E-state index contributed by atoms with van der Waals surface area (Å²) in [7, 11) is 0. The molecular weight excluding hydrogens is 236 g/mol. The molecule has 1 atom stereocenters. The summed E-state index contributed by atoms with van der Waals surface area (Å²) in [4.78, 5) is 24.6. The molecule has 6 heteroatoms. The fraction of sp³-hybridized carbons (Fsp3) is 0.833. The van der Waals surface area contributed by atoms with Gasteiger partial charge in [0.15, 0.2) is 0 Å². The Hall–Kier alpha value is -1.30. The third-order valence-corrected chi connectivity index (χ3v) is 3.70. The highest BCUT2D eigenvalue weighted by Gasteiger charge is 2.41. The molecule has 2 N–H and O–H groups in total. The predicted octanol–water partition coefficient (Wildman–Crippen LogP) is 0.814. The molecule has 1 saturated heterocycles. The molecule has 0 spiro atoms. The summed E-state index contributed by atoms with van der Waals surface area (Å²) in [6, 6.07) is -0.161. The number of carboxylic acids is 1. The van der Waals surface area contributed by atoms with Crippen LogP contribution in [0, 0.1) is 0 Å². The molecule has 18 heavy (non-hydrogen) atoms. The van der Waals surface area contributed by atoms with Gasteiger partial charge in [-0.3, -0.25) is 4.79 Å². The van der Waals surface area contributed by atoms with Gasteiger partial charge in [-0.2, -0.15) is 0 Å². The molecule has 0 aromatic carbocycles. The normalized spacial score (nSPS) is 26.3. The smallest absolute Gasteiger partial charge is 0.318 e. The van der Waals surface area contributed by atoms with Crippen molar-refractivity contribution in [1.29, 1.82) is 0 Å². The molecule has 2 fully saturated rings. The molecule has 102 valence electrons. The Morgan fingerprint density at radius 3 is 2.72 bits per heavy atom. The second-order valence-electron chi connectivity index (χ2n) is 5.26. The monoisotopic (exact) mass is 256 g/mol. The third kappa shape index (κ3) is 2.93. The molecule has 1 unspecified atom stereocenters. The highest BCUT2D eigenvalue weighted by molar-refractivity contribution is 5.77. The van der Waals surface area contributed by atoms with Crippen LogP contribution in [-0.4, -0.2) is 53.3 Å². The van der Waals surface area contributed by atoms with E-state index in [1.165, 1.54) is 0 Å². The number of hydrogen-bond donors (Lipinski definition) is 2. The number of rotatable bonds is 3. The maximum Gasteiger partial charge on any atom is 0.318 e. The summed E-state index contributed by atoms with van der Waals surface area (Å²) in [6.07, 6.45) is 2.54. The van der Waals surface area contributed by atoms with Crippen molar-refractivity contribution in [3.05, 3.63) is 0 Å². The summed E-state index contributed by atoms with van der Waals surface area (Å²) >= 11 is 0. The lowest BCUT2D eigenvalue weighted by molar-refractivity contribution is -0.139. The molecule has 2 amide bonds. The van der Waals surface area contributed by atoms with Crippen LogP contribution >= 0.6 is 0 Å². The van der Waals surface area contributed by atoms with Gasteiger partial charge in [0.1, 0.15) is 0 Å². The van der Waals surface area contributed by atoms with Crippen molar-refractivity contribution >= 4 is 12.0 Å². The number of hydrogen-bond acceptors (Lipinski definition) is 3. The van der Waals surface area contributed by atoms with E-state index in [1.807, 2.05) is 6.92 Å². The van der Waals surface area contributed by atoms with E-state index in [0.29, 0.717) is 19.7 Å². The quantitative estimate of drug-likeness (QED) is 0.783. The van der Waals surface area contributed by atoms with E-state index in [9.17, 15) is 9.59 Å².